The molecule has 0 bridgehead atoms. The fraction of sp³-hybridized carbons (Fsp3) is 0.364. The molecule has 90 heavy (non-hydrogen) atoms. The normalized spacial score (nSPS) is 16.3. The summed E-state index contributed by atoms with van der Waals surface area (Å²) in [6.45, 7) is 26.4. The van der Waals surface area contributed by atoms with Gasteiger partial charge in [0.15, 0.2) is 5.71 Å². The van der Waals surface area contributed by atoms with E-state index in [1.807, 2.05) is 78.9 Å². The number of carbonyl (C=O) groups is 2. The SMILES string of the molecule is CC1(C)Nc2cccc3c(N)ccc(c23)N1.CCC.CCN1/C(=C/C=C2\CCCC(/C=C/C3=[N+](CC)c4ccccc4C3(C)C)=C2NCCCCNC(=O)CCC=O)C(C)(C)c2ccccc21.COCCc1ccc(N)cc1.Nc1ccc(N)c2ccccc12. The molecule has 0 saturated heterocycles. The molecule has 0 atom stereocenters. The average Bonchev–Trinajstić information content (AvgIpc) is 1.45. The Morgan fingerprint density at radius 3 is 1.92 bits per heavy atom. The number of nitrogens with two attached hydrogens (primary N) is 4. The minimum atomic E-state index is -0.128. The van der Waals surface area contributed by atoms with Crippen molar-refractivity contribution >= 4 is 84.9 Å². The summed E-state index contributed by atoms with van der Waals surface area (Å²) >= 11 is 0. The molecule has 3 aliphatic heterocycles. The first-order valence-corrected chi connectivity index (χ1v) is 32.4. The van der Waals surface area contributed by atoms with Crippen molar-refractivity contribution in [2.75, 3.05) is 78.4 Å². The molecule has 0 radical (unpaired) electrons. The van der Waals surface area contributed by atoms with Crippen molar-refractivity contribution in [2.24, 2.45) is 0 Å². The number of anilines is 7. The van der Waals surface area contributed by atoms with Crippen LogP contribution in [0.5, 0.6) is 0 Å². The number of allylic oxidation sites excluding steroid dienone is 7. The summed E-state index contributed by atoms with van der Waals surface area (Å²) in [4.78, 5) is 25.0. The van der Waals surface area contributed by atoms with Crippen LogP contribution in [0.2, 0.25) is 0 Å². The summed E-state index contributed by atoms with van der Waals surface area (Å²) in [5.41, 5.74) is 41.5. The second-order valence-corrected chi connectivity index (χ2v) is 25.0. The zero-order chi connectivity index (χ0) is 65.0. The predicted molar refractivity (Wildman–Crippen MR) is 384 cm³/mol. The molecule has 7 aromatic rings. The molecule has 0 saturated carbocycles. The fourth-order valence-electron chi connectivity index (χ4n) is 12.4. The first-order chi connectivity index (χ1) is 43.2. The number of para-hydroxylation sites is 2. The second kappa shape index (κ2) is 32.1. The molecule has 1 aliphatic carbocycles. The highest BCUT2D eigenvalue weighted by atomic mass is 16.5. The van der Waals surface area contributed by atoms with Crippen LogP contribution in [0.15, 0.2) is 186 Å². The van der Waals surface area contributed by atoms with Gasteiger partial charge in [-0.2, -0.15) is 4.58 Å². The number of likely N-dealkylation sites (N-methyl/N-ethyl adjacent to an activating group) is 1. The van der Waals surface area contributed by atoms with E-state index < -0.39 is 0 Å². The number of hydrogen-bond acceptors (Lipinski definition) is 11. The van der Waals surface area contributed by atoms with Crippen LogP contribution in [0.3, 0.4) is 0 Å². The number of aldehydes is 1. The van der Waals surface area contributed by atoms with E-state index in [4.69, 9.17) is 27.7 Å². The summed E-state index contributed by atoms with van der Waals surface area (Å²) in [7, 11) is 1.71. The van der Waals surface area contributed by atoms with Gasteiger partial charge in [-0.25, -0.2) is 0 Å². The summed E-state index contributed by atoms with van der Waals surface area (Å²) in [5.74, 6) is -0.0514. The van der Waals surface area contributed by atoms with Crippen LogP contribution >= 0.6 is 0 Å². The lowest BCUT2D eigenvalue weighted by Crippen LogP contribution is -2.41. The molecular formula is C77H101N10O3+. The van der Waals surface area contributed by atoms with Crippen molar-refractivity contribution in [3.05, 3.63) is 203 Å². The van der Waals surface area contributed by atoms with Gasteiger partial charge in [-0.3, -0.25) is 4.79 Å². The number of methoxy groups -OCH3 is 1. The van der Waals surface area contributed by atoms with Crippen molar-refractivity contribution in [2.45, 2.75) is 144 Å². The van der Waals surface area contributed by atoms with Crippen LogP contribution in [-0.2, 0) is 31.6 Å². The van der Waals surface area contributed by atoms with Crippen LogP contribution in [0.1, 0.15) is 137 Å². The molecule has 476 valence electrons. The van der Waals surface area contributed by atoms with E-state index in [-0.39, 0.29) is 35.2 Å². The van der Waals surface area contributed by atoms with Gasteiger partial charge in [0, 0.05) is 135 Å². The Morgan fingerprint density at radius 2 is 1.27 bits per heavy atom. The van der Waals surface area contributed by atoms with Gasteiger partial charge in [-0.05, 0) is 157 Å². The first kappa shape index (κ1) is 68.7. The number of carbonyl (C=O) groups excluding carboxylic acids is 2. The van der Waals surface area contributed by atoms with Gasteiger partial charge in [0.25, 0.3) is 0 Å². The van der Waals surface area contributed by atoms with Crippen LogP contribution < -0.4 is 49.1 Å². The number of benzene rings is 7. The quantitative estimate of drug-likeness (QED) is 0.0187. The Bertz CT molecular complexity index is 3680. The number of nitrogens with one attached hydrogen (secondary N) is 4. The van der Waals surface area contributed by atoms with Gasteiger partial charge in [0.1, 0.15) is 18.5 Å². The largest absolute Gasteiger partial charge is 0.399 e. The summed E-state index contributed by atoms with van der Waals surface area (Å²) in [6.07, 6.45) is 18.0. The number of ether oxygens (including phenoxy) is 1. The molecule has 4 aliphatic rings. The van der Waals surface area contributed by atoms with Gasteiger partial charge < -0.3 is 58.6 Å². The van der Waals surface area contributed by atoms with Gasteiger partial charge >= 0.3 is 0 Å². The average molecular weight is 1210 g/mol. The Morgan fingerprint density at radius 1 is 0.667 bits per heavy atom. The molecule has 13 nitrogen and oxygen atoms in total. The van der Waals surface area contributed by atoms with Crippen LogP contribution in [0, 0.1) is 0 Å². The third-order valence-corrected chi connectivity index (χ3v) is 16.9. The summed E-state index contributed by atoms with van der Waals surface area (Å²) in [6, 6.07) is 47.2. The third-order valence-electron chi connectivity index (χ3n) is 16.9. The number of amides is 1. The lowest BCUT2D eigenvalue weighted by molar-refractivity contribution is -0.433. The zero-order valence-electron chi connectivity index (χ0n) is 55.5. The van der Waals surface area contributed by atoms with E-state index in [1.165, 1.54) is 68.1 Å². The number of nitrogens with zero attached hydrogens (tertiary/aromatic N) is 2. The van der Waals surface area contributed by atoms with Gasteiger partial charge in [-0.1, -0.05) is 131 Å². The van der Waals surface area contributed by atoms with E-state index in [2.05, 4.69) is 185 Å². The molecular weight excluding hydrogens is 1110 g/mol. The molecule has 1 amide bonds. The third kappa shape index (κ3) is 16.9. The maximum atomic E-state index is 11.9. The molecule has 12 N–H and O–H groups in total. The van der Waals surface area contributed by atoms with Crippen molar-refractivity contribution < 1.29 is 18.9 Å². The predicted octanol–water partition coefficient (Wildman–Crippen LogP) is 16.0. The van der Waals surface area contributed by atoms with Crippen LogP contribution in [0.25, 0.3) is 21.5 Å². The Balaban J connectivity index is 0.000000217. The maximum absolute atomic E-state index is 11.9. The highest BCUT2D eigenvalue weighted by Gasteiger charge is 2.44. The molecule has 0 fully saturated rings. The van der Waals surface area contributed by atoms with Gasteiger partial charge in [0.2, 0.25) is 11.6 Å². The smallest absolute Gasteiger partial charge is 0.220 e. The minimum absolute atomic E-state index is 0.0514. The highest BCUT2D eigenvalue weighted by Crippen LogP contribution is 2.48. The van der Waals surface area contributed by atoms with E-state index in [0.29, 0.717) is 6.54 Å². The van der Waals surface area contributed by atoms with E-state index >= 15 is 0 Å². The van der Waals surface area contributed by atoms with Crippen molar-refractivity contribution in [1.82, 2.24) is 10.6 Å². The van der Waals surface area contributed by atoms with E-state index in [0.717, 1.165) is 121 Å². The number of rotatable bonds is 17. The Hall–Kier alpha value is -8.81. The van der Waals surface area contributed by atoms with Gasteiger partial charge in [0.05, 0.1) is 12.0 Å². The Kier molecular flexibility index (Phi) is 24.5. The zero-order valence-corrected chi connectivity index (χ0v) is 55.5. The molecule has 11 rings (SSSR count). The van der Waals surface area contributed by atoms with Crippen LogP contribution in [-0.4, -0.2) is 68.0 Å². The molecule has 3 heterocycles. The standard InChI is InChI=1S/C42H54N4O2.C13H15N3.C10H10N2.C9H13NO.C3H8/c1-7-45-35-21-11-9-19-33(35)41(3,4)37(45)26-24-31-17-15-18-32(40(31)44-29-14-13-28-43-39(48)23-16-30-47)25-27-38-42(5,6)34-20-10-12-22-36(34)46(38)8-2;1-13(2)15-10-5-3-4-8-9(14)6-7-11(16-13)12(8)10;11-9-5-6-10(12)8-4-2-1-3-7(8)9;1-11-7-6-8-2-4-9(10)5-3-8;1-3-2/h9-12,19-22,24-27,30H,7-8,13-18,23,28-29H2,1-6H3,(H,43,48);3-7,15-16H,14H2,1-2H3;1-6H,11-12H2;2-5H,6-7,10H2,1H3;3H2,1-2H3/p+1/b31-24+,37-26+;;;;. The van der Waals surface area contributed by atoms with E-state index in [9.17, 15) is 9.59 Å². The second-order valence-electron chi connectivity index (χ2n) is 25.0. The lowest BCUT2D eigenvalue weighted by Gasteiger charge is -2.36. The van der Waals surface area contributed by atoms with Crippen molar-refractivity contribution in [3.8, 4) is 0 Å². The molecule has 0 spiro atoms. The molecule has 13 heteroatoms. The Labute approximate surface area is 536 Å². The number of nitrogen functional groups attached to an aromatic ring is 4. The highest BCUT2D eigenvalue weighted by molar-refractivity contribution is 6.10. The maximum Gasteiger partial charge on any atom is 0.220 e. The van der Waals surface area contributed by atoms with E-state index in [1.54, 1.807) is 7.11 Å². The van der Waals surface area contributed by atoms with Crippen molar-refractivity contribution in [1.29, 1.82) is 0 Å². The topological polar surface area (TPSA) is 202 Å². The molecule has 0 unspecified atom stereocenters. The summed E-state index contributed by atoms with van der Waals surface area (Å²) < 4.78 is 7.41. The number of unbranched alkanes of at least 4 members (excludes halogenated alkanes) is 1. The lowest BCUT2D eigenvalue weighted by atomic mass is 9.81. The van der Waals surface area contributed by atoms with Gasteiger partial charge in [-0.15, -0.1) is 0 Å². The fourth-order valence-corrected chi connectivity index (χ4v) is 12.4. The molecule has 7 aromatic carbocycles. The summed E-state index contributed by atoms with van der Waals surface area (Å²) in [5, 5.41) is 18.1. The molecule has 0 aromatic heterocycles. The number of hydrogen-bond donors (Lipinski definition) is 8. The minimum Gasteiger partial charge on any atom is -0.399 e. The number of fused-ring (bicyclic) bond motifs is 3. The first-order valence-electron chi connectivity index (χ1n) is 32.4. The monoisotopic (exact) mass is 1210 g/mol. The van der Waals surface area contributed by atoms with Crippen LogP contribution in [0.4, 0.5) is 45.5 Å². The van der Waals surface area contributed by atoms with Crippen molar-refractivity contribution in [3.63, 3.8) is 0 Å².